The fraction of sp³-hybridized carbons (Fsp3) is 0.429. The van der Waals surface area contributed by atoms with Crippen molar-refractivity contribution in [2.24, 2.45) is 0 Å². The molecule has 7 rings (SSSR count). The summed E-state index contributed by atoms with van der Waals surface area (Å²) in [7, 11) is 0. The lowest BCUT2D eigenvalue weighted by atomic mass is 9.70. The molecule has 0 saturated carbocycles. The maximum absolute atomic E-state index is 13.4. The van der Waals surface area contributed by atoms with E-state index in [2.05, 4.69) is 71.0 Å². The molecule has 0 unspecified atom stereocenters. The highest BCUT2D eigenvalue weighted by Crippen LogP contribution is 2.45. The molecule has 4 heterocycles. The zero-order valence-corrected chi connectivity index (χ0v) is 25.1. The van der Waals surface area contributed by atoms with Gasteiger partial charge in [0.25, 0.3) is 5.91 Å². The summed E-state index contributed by atoms with van der Waals surface area (Å²) < 4.78 is 2.52. The van der Waals surface area contributed by atoms with Crippen molar-refractivity contribution in [1.29, 1.82) is 0 Å². The van der Waals surface area contributed by atoms with Crippen LogP contribution in [0.2, 0.25) is 5.02 Å². The van der Waals surface area contributed by atoms with E-state index < -0.39 is 0 Å². The highest BCUT2D eigenvalue weighted by Gasteiger charge is 2.44. The third kappa shape index (κ3) is 4.88. The zero-order chi connectivity index (χ0) is 28.8. The molecule has 1 aromatic heterocycles. The number of hydrogen-bond donors (Lipinski definition) is 1. The lowest BCUT2D eigenvalue weighted by Gasteiger charge is -2.45. The molecule has 3 atom stereocenters. The van der Waals surface area contributed by atoms with E-state index in [0.717, 1.165) is 50.2 Å². The Hall–Kier alpha value is -3.35. The summed E-state index contributed by atoms with van der Waals surface area (Å²) in [4.78, 5) is 23.1. The summed E-state index contributed by atoms with van der Waals surface area (Å²) in [6, 6.07) is 26.6. The van der Waals surface area contributed by atoms with E-state index in [0.29, 0.717) is 34.4 Å². The van der Waals surface area contributed by atoms with Gasteiger partial charge >= 0.3 is 0 Å². The molecule has 42 heavy (non-hydrogen) atoms. The number of carbonyl (C=O) groups is 1. The minimum absolute atomic E-state index is 0.0439. The summed E-state index contributed by atoms with van der Waals surface area (Å²) in [5.74, 6) is 1.18. The third-order valence-electron chi connectivity index (χ3n) is 10.5. The number of likely N-dealkylation sites (tertiary alicyclic amines) is 1. The van der Waals surface area contributed by atoms with E-state index >= 15 is 0 Å². The maximum atomic E-state index is 13.4. The predicted molar refractivity (Wildman–Crippen MR) is 170 cm³/mol. The number of aryl methyl sites for hydroxylation is 1. The first-order valence-electron chi connectivity index (χ1n) is 15.5. The average Bonchev–Trinajstić information content (AvgIpc) is 3.48. The minimum atomic E-state index is 0.0439. The second-order valence-electron chi connectivity index (χ2n) is 12.7. The molecule has 0 radical (unpaired) electrons. The largest absolute Gasteiger partial charge is 0.398 e. The molecule has 7 heteroatoms. The van der Waals surface area contributed by atoms with Crippen molar-refractivity contribution in [2.45, 2.75) is 75.4 Å². The quantitative estimate of drug-likeness (QED) is 0.249. The number of benzene rings is 3. The molecule has 6 nitrogen and oxygen atoms in total. The van der Waals surface area contributed by atoms with Crippen molar-refractivity contribution in [3.05, 3.63) is 94.8 Å². The molecular weight excluding hydrogens is 542 g/mol. The van der Waals surface area contributed by atoms with Crippen LogP contribution in [0.3, 0.4) is 0 Å². The average molecular weight is 582 g/mol. The van der Waals surface area contributed by atoms with Crippen molar-refractivity contribution >= 4 is 34.2 Å². The Morgan fingerprint density at radius 1 is 0.952 bits per heavy atom. The Labute approximate surface area is 253 Å². The van der Waals surface area contributed by atoms with Crippen LogP contribution in [0.25, 0.3) is 11.0 Å². The molecular formula is C35H40ClN5O. The van der Waals surface area contributed by atoms with Gasteiger partial charge in [-0.1, -0.05) is 54.1 Å². The Kier molecular flexibility index (Phi) is 7.23. The number of fused-ring (bicyclic) bond motifs is 3. The number of anilines is 1. The number of rotatable bonds is 6. The van der Waals surface area contributed by atoms with Crippen LogP contribution in [-0.4, -0.2) is 57.0 Å². The van der Waals surface area contributed by atoms with Gasteiger partial charge in [-0.25, -0.2) is 4.98 Å². The molecule has 0 aliphatic carbocycles. The van der Waals surface area contributed by atoms with Crippen LogP contribution in [0.5, 0.6) is 0 Å². The highest BCUT2D eigenvalue weighted by molar-refractivity contribution is 6.33. The molecule has 218 valence electrons. The van der Waals surface area contributed by atoms with Gasteiger partial charge in [0.05, 0.1) is 21.7 Å². The number of carbonyl (C=O) groups excluding carboxylic acids is 1. The lowest BCUT2D eigenvalue weighted by Crippen LogP contribution is -2.49. The molecule has 3 saturated heterocycles. The predicted octanol–water partition coefficient (Wildman–Crippen LogP) is 7.01. The second-order valence-corrected chi connectivity index (χ2v) is 13.1. The Morgan fingerprint density at radius 3 is 2.36 bits per heavy atom. The second kappa shape index (κ2) is 11.1. The van der Waals surface area contributed by atoms with Gasteiger partial charge in [0.15, 0.2) is 0 Å². The molecule has 1 amide bonds. The standard InChI is InChI=1S/C35H40ClN5O/c1-24-38-32-9-5-6-10-33(32)41(24)29-22-27-12-13-28(23-29)40(27)20-17-35(26-7-3-2-4-8-26)15-18-39(19-16-35)34(42)25-11-14-30(36)31(37)21-25/h2-11,14,21,27-29H,12-13,15-20,22-23,37H2,1H3/t27-,28+,29+. The normalized spacial score (nSPS) is 23.9. The number of aromatic nitrogens is 2. The van der Waals surface area contributed by atoms with Gasteiger partial charge in [-0.3, -0.25) is 9.69 Å². The van der Waals surface area contributed by atoms with Crippen LogP contribution in [0.1, 0.15) is 72.7 Å². The Balaban J connectivity index is 1.06. The maximum Gasteiger partial charge on any atom is 0.253 e. The van der Waals surface area contributed by atoms with Crippen molar-refractivity contribution in [3.63, 3.8) is 0 Å². The Morgan fingerprint density at radius 2 is 1.64 bits per heavy atom. The van der Waals surface area contributed by atoms with Crippen molar-refractivity contribution in [1.82, 2.24) is 19.4 Å². The van der Waals surface area contributed by atoms with E-state index in [1.807, 2.05) is 4.90 Å². The number of nitrogens with zero attached hydrogens (tertiary/aromatic N) is 4. The number of halogens is 1. The van der Waals surface area contributed by atoms with Crippen LogP contribution in [0, 0.1) is 6.92 Å². The minimum Gasteiger partial charge on any atom is -0.398 e. The van der Waals surface area contributed by atoms with Crippen LogP contribution >= 0.6 is 11.6 Å². The number of piperidine rings is 2. The summed E-state index contributed by atoms with van der Waals surface area (Å²) >= 11 is 6.11. The topological polar surface area (TPSA) is 67.4 Å². The van der Waals surface area contributed by atoms with Gasteiger partial charge < -0.3 is 15.2 Å². The van der Waals surface area contributed by atoms with Crippen LogP contribution in [-0.2, 0) is 5.41 Å². The number of amides is 1. The Bertz CT molecular complexity index is 1580. The van der Waals surface area contributed by atoms with E-state index in [1.54, 1.807) is 18.2 Å². The third-order valence-corrected chi connectivity index (χ3v) is 10.8. The first-order valence-corrected chi connectivity index (χ1v) is 15.9. The van der Waals surface area contributed by atoms with Crippen LogP contribution in [0.4, 0.5) is 5.69 Å². The number of para-hydroxylation sites is 2. The molecule has 4 aromatic rings. The molecule has 3 aliphatic rings. The van der Waals surface area contributed by atoms with E-state index in [1.165, 1.54) is 36.8 Å². The summed E-state index contributed by atoms with van der Waals surface area (Å²) in [6.07, 6.45) is 8.04. The summed E-state index contributed by atoms with van der Waals surface area (Å²) in [5.41, 5.74) is 10.9. The van der Waals surface area contributed by atoms with Crippen molar-refractivity contribution < 1.29 is 4.79 Å². The monoisotopic (exact) mass is 581 g/mol. The van der Waals surface area contributed by atoms with E-state index in [9.17, 15) is 4.79 Å². The number of imidazole rings is 1. The molecule has 3 fully saturated rings. The molecule has 3 aliphatic heterocycles. The van der Waals surface area contributed by atoms with E-state index in [-0.39, 0.29) is 11.3 Å². The number of nitrogen functional groups attached to an aromatic ring is 1. The lowest BCUT2D eigenvalue weighted by molar-refractivity contribution is 0.0607. The van der Waals surface area contributed by atoms with Gasteiger partial charge in [-0.2, -0.15) is 0 Å². The fourth-order valence-corrected chi connectivity index (χ4v) is 8.38. The first kappa shape index (κ1) is 27.5. The number of hydrogen-bond acceptors (Lipinski definition) is 4. The van der Waals surface area contributed by atoms with Crippen LogP contribution in [0.15, 0.2) is 72.8 Å². The van der Waals surface area contributed by atoms with E-state index in [4.69, 9.17) is 22.3 Å². The molecule has 3 aromatic carbocycles. The van der Waals surface area contributed by atoms with Crippen molar-refractivity contribution in [2.75, 3.05) is 25.4 Å². The smallest absolute Gasteiger partial charge is 0.253 e. The first-order chi connectivity index (χ1) is 20.4. The molecule has 0 spiro atoms. The number of nitrogens with two attached hydrogens (primary N) is 1. The van der Waals surface area contributed by atoms with Crippen LogP contribution < -0.4 is 5.73 Å². The highest BCUT2D eigenvalue weighted by atomic mass is 35.5. The molecule has 2 bridgehead atoms. The summed E-state index contributed by atoms with van der Waals surface area (Å²) in [5, 5.41) is 0.486. The van der Waals surface area contributed by atoms with Gasteiger partial charge in [-0.15, -0.1) is 0 Å². The zero-order valence-electron chi connectivity index (χ0n) is 24.4. The van der Waals surface area contributed by atoms with Gasteiger partial charge in [-0.05, 0) is 99.7 Å². The van der Waals surface area contributed by atoms with Crippen molar-refractivity contribution in [3.8, 4) is 0 Å². The van der Waals surface area contributed by atoms with Gasteiger partial charge in [0.1, 0.15) is 5.82 Å². The molecule has 2 N–H and O–H groups in total. The SMILES string of the molecule is Cc1nc2ccccc2n1[C@H]1C[C@H]2CC[C@@H](C1)N2CCC1(c2ccccc2)CCN(C(=O)c2ccc(Cl)c(N)c2)CC1. The van der Waals surface area contributed by atoms with Gasteiger partial charge in [0.2, 0.25) is 0 Å². The fourth-order valence-electron chi connectivity index (χ4n) is 8.26. The van der Waals surface area contributed by atoms with Gasteiger partial charge in [0, 0.05) is 36.8 Å². The summed E-state index contributed by atoms with van der Waals surface area (Å²) in [6.45, 7) is 4.77.